The Morgan fingerprint density at radius 2 is 1.86 bits per heavy atom. The number of hydrogen-bond donors (Lipinski definition) is 3. The van der Waals surface area contributed by atoms with E-state index in [1.807, 2.05) is 39.0 Å². The van der Waals surface area contributed by atoms with Crippen molar-refractivity contribution in [3.63, 3.8) is 0 Å². The highest BCUT2D eigenvalue weighted by Crippen LogP contribution is 2.41. The number of fused-ring (bicyclic) bond motifs is 4. The number of anilines is 2. The van der Waals surface area contributed by atoms with Gasteiger partial charge in [-0.25, -0.2) is 4.98 Å². The monoisotopic (exact) mass is 564 g/mol. The Morgan fingerprint density at radius 3 is 2.62 bits per heavy atom. The summed E-state index contributed by atoms with van der Waals surface area (Å²) in [7, 11) is 0. The first kappa shape index (κ1) is 27.3. The molecule has 0 radical (unpaired) electrons. The number of aliphatic hydroxyl groups is 1. The highest BCUT2D eigenvalue weighted by molar-refractivity contribution is 6.10. The molecule has 3 N–H and O–H groups in total. The Bertz CT molecular complexity index is 1840. The highest BCUT2D eigenvalue weighted by atomic mass is 16.5. The van der Waals surface area contributed by atoms with Gasteiger partial charge in [0.1, 0.15) is 28.4 Å². The lowest BCUT2D eigenvalue weighted by Crippen LogP contribution is -2.29. The van der Waals surface area contributed by atoms with Gasteiger partial charge in [-0.2, -0.15) is 0 Å². The maximum absolute atomic E-state index is 13.6. The number of imidazole rings is 1. The van der Waals surface area contributed by atoms with Gasteiger partial charge in [-0.1, -0.05) is 18.2 Å². The van der Waals surface area contributed by atoms with Crippen LogP contribution in [0.4, 0.5) is 11.4 Å². The predicted octanol–water partition coefficient (Wildman–Crippen LogP) is 5.50. The maximum Gasteiger partial charge on any atom is 0.278 e. The lowest BCUT2D eigenvalue weighted by molar-refractivity contribution is 0.0765. The zero-order valence-corrected chi connectivity index (χ0v) is 23.7. The van der Waals surface area contributed by atoms with Crippen molar-refractivity contribution in [2.24, 2.45) is 0 Å². The number of phenols is 1. The van der Waals surface area contributed by atoms with E-state index in [4.69, 9.17) is 4.74 Å². The second kappa shape index (κ2) is 10.5. The van der Waals surface area contributed by atoms with Crippen molar-refractivity contribution >= 4 is 39.6 Å². The summed E-state index contributed by atoms with van der Waals surface area (Å²) >= 11 is 0. The third-order valence-electron chi connectivity index (χ3n) is 7.71. The van der Waals surface area contributed by atoms with Gasteiger partial charge >= 0.3 is 0 Å². The first-order valence-electron chi connectivity index (χ1n) is 13.9. The first-order chi connectivity index (χ1) is 20.1. The number of aryl methyl sites for hydroxylation is 1. The van der Waals surface area contributed by atoms with E-state index in [1.54, 1.807) is 64.2 Å². The number of carbonyl (C=O) groups is 2. The molecule has 0 unspecified atom stereocenters. The van der Waals surface area contributed by atoms with Crippen LogP contribution in [0.15, 0.2) is 73.1 Å². The summed E-state index contributed by atoms with van der Waals surface area (Å²) in [6.45, 7) is 6.33. The molecule has 5 aromatic rings. The molecular formula is C33H32N4O5. The fourth-order valence-corrected chi connectivity index (χ4v) is 5.58. The van der Waals surface area contributed by atoms with Crippen molar-refractivity contribution in [3.05, 3.63) is 95.4 Å². The molecule has 9 nitrogen and oxygen atoms in total. The van der Waals surface area contributed by atoms with E-state index >= 15 is 0 Å². The van der Waals surface area contributed by atoms with Crippen molar-refractivity contribution in [1.82, 2.24) is 9.38 Å². The third kappa shape index (κ3) is 5.03. The summed E-state index contributed by atoms with van der Waals surface area (Å²) in [5.41, 5.74) is 4.15. The number of aromatic hydroxyl groups is 1. The quantitative estimate of drug-likeness (QED) is 0.241. The van der Waals surface area contributed by atoms with Gasteiger partial charge in [0.05, 0.1) is 11.4 Å². The van der Waals surface area contributed by atoms with Crippen LogP contribution in [0.1, 0.15) is 52.2 Å². The Hall–Kier alpha value is -4.89. The van der Waals surface area contributed by atoms with Crippen LogP contribution in [-0.2, 0) is 6.42 Å². The molecule has 2 amide bonds. The minimum atomic E-state index is -0.521. The van der Waals surface area contributed by atoms with E-state index in [9.17, 15) is 19.8 Å². The predicted molar refractivity (Wildman–Crippen MR) is 162 cm³/mol. The fourth-order valence-electron chi connectivity index (χ4n) is 5.58. The van der Waals surface area contributed by atoms with Gasteiger partial charge in [-0.15, -0.1) is 0 Å². The van der Waals surface area contributed by atoms with Crippen LogP contribution in [0.25, 0.3) is 16.4 Å². The van der Waals surface area contributed by atoms with Gasteiger partial charge in [0, 0.05) is 49.0 Å². The summed E-state index contributed by atoms with van der Waals surface area (Å²) in [5.74, 6) is 0.221. The Balaban J connectivity index is 1.19. The molecule has 214 valence electrons. The van der Waals surface area contributed by atoms with E-state index in [-0.39, 0.29) is 29.9 Å². The number of benzene rings is 3. The number of pyridine rings is 1. The fraction of sp³-hybridized carbons (Fsp3) is 0.242. The summed E-state index contributed by atoms with van der Waals surface area (Å²) in [4.78, 5) is 32.7. The molecule has 2 aromatic heterocycles. The molecule has 0 fully saturated rings. The number of amides is 2. The van der Waals surface area contributed by atoms with Crippen LogP contribution in [0.3, 0.4) is 0 Å². The zero-order chi connectivity index (χ0) is 29.6. The molecule has 0 saturated carbocycles. The summed E-state index contributed by atoms with van der Waals surface area (Å²) < 4.78 is 7.62. The van der Waals surface area contributed by atoms with Crippen LogP contribution in [-0.4, -0.2) is 50.2 Å². The standard InChI is InChI=1S/C33H32N4O5/c1-20-5-4-6-25-28(39)17-27-24(30(20)25)13-15-37(27)32(41)26-19-36-18-22(9-12-29(36)35-26)34-31(40)21-7-10-23(11-8-21)42-33(2,3)14-16-38/h4-12,17-19,38-39H,13-16H2,1-3H3,(H,34,40). The van der Waals surface area contributed by atoms with Gasteiger partial charge < -0.3 is 29.6 Å². The van der Waals surface area contributed by atoms with Gasteiger partial charge in [0.2, 0.25) is 0 Å². The number of carbonyl (C=O) groups excluding carboxylic acids is 2. The normalized spacial score (nSPS) is 13.0. The second-order valence-electron chi connectivity index (χ2n) is 11.2. The molecule has 0 atom stereocenters. The minimum absolute atomic E-state index is 0.0261. The zero-order valence-electron chi connectivity index (χ0n) is 23.7. The number of hydrogen-bond acceptors (Lipinski definition) is 6. The lowest BCUT2D eigenvalue weighted by atomic mass is 9.97. The van der Waals surface area contributed by atoms with Gasteiger partial charge in [0.25, 0.3) is 11.8 Å². The number of aromatic nitrogens is 2. The lowest BCUT2D eigenvalue weighted by Gasteiger charge is -2.25. The van der Waals surface area contributed by atoms with Crippen LogP contribution >= 0.6 is 0 Å². The third-order valence-corrected chi connectivity index (χ3v) is 7.71. The average Bonchev–Trinajstić information content (AvgIpc) is 3.57. The molecule has 0 bridgehead atoms. The van der Waals surface area contributed by atoms with Crippen LogP contribution in [0, 0.1) is 6.92 Å². The van der Waals surface area contributed by atoms with Crippen LogP contribution < -0.4 is 15.0 Å². The van der Waals surface area contributed by atoms with E-state index in [0.717, 1.165) is 21.9 Å². The number of nitrogens with one attached hydrogen (secondary N) is 1. The number of rotatable bonds is 7. The second-order valence-corrected chi connectivity index (χ2v) is 11.2. The van der Waals surface area contributed by atoms with Crippen molar-refractivity contribution in [2.75, 3.05) is 23.4 Å². The van der Waals surface area contributed by atoms with E-state index in [2.05, 4.69) is 10.3 Å². The Kier molecular flexibility index (Phi) is 6.82. The smallest absolute Gasteiger partial charge is 0.278 e. The Morgan fingerprint density at radius 1 is 1.07 bits per heavy atom. The van der Waals surface area contributed by atoms with Crippen LogP contribution in [0.5, 0.6) is 11.5 Å². The van der Waals surface area contributed by atoms with Crippen molar-refractivity contribution in [2.45, 2.75) is 39.2 Å². The first-order valence-corrected chi connectivity index (χ1v) is 13.9. The number of phenolic OH excluding ortho intramolecular Hbond substituents is 1. The largest absolute Gasteiger partial charge is 0.507 e. The highest BCUT2D eigenvalue weighted by Gasteiger charge is 2.30. The molecule has 1 aliphatic heterocycles. The molecular weight excluding hydrogens is 532 g/mol. The molecule has 0 spiro atoms. The van der Waals surface area contributed by atoms with Crippen molar-refractivity contribution in [3.8, 4) is 11.5 Å². The minimum Gasteiger partial charge on any atom is -0.507 e. The maximum atomic E-state index is 13.6. The Labute approximate surface area is 243 Å². The summed E-state index contributed by atoms with van der Waals surface area (Å²) in [5, 5.41) is 24.6. The number of nitrogens with zero attached hydrogens (tertiary/aromatic N) is 3. The molecule has 0 saturated heterocycles. The molecule has 3 aromatic carbocycles. The molecule has 42 heavy (non-hydrogen) atoms. The average molecular weight is 565 g/mol. The molecule has 1 aliphatic rings. The number of ether oxygens (including phenoxy) is 1. The topological polar surface area (TPSA) is 116 Å². The van der Waals surface area contributed by atoms with E-state index in [1.165, 1.54) is 0 Å². The van der Waals surface area contributed by atoms with Crippen molar-refractivity contribution < 1.29 is 24.5 Å². The van der Waals surface area contributed by atoms with E-state index < -0.39 is 5.60 Å². The summed E-state index contributed by atoms with van der Waals surface area (Å²) in [6.07, 6.45) is 4.55. The molecule has 3 heterocycles. The van der Waals surface area contributed by atoms with Gasteiger partial charge in [0.15, 0.2) is 0 Å². The SMILES string of the molecule is Cc1cccc2c(O)cc3c(c12)CCN3C(=O)c1cn2cc(NC(=O)c3ccc(OC(C)(C)CCO)cc3)ccc2n1. The van der Waals surface area contributed by atoms with Gasteiger partial charge in [-0.3, -0.25) is 9.59 Å². The summed E-state index contributed by atoms with van der Waals surface area (Å²) in [6, 6.07) is 17.8. The van der Waals surface area contributed by atoms with E-state index in [0.29, 0.717) is 47.7 Å². The van der Waals surface area contributed by atoms with Crippen molar-refractivity contribution in [1.29, 1.82) is 0 Å². The molecule has 9 heteroatoms. The van der Waals surface area contributed by atoms with Gasteiger partial charge in [-0.05, 0) is 80.1 Å². The molecule has 6 rings (SSSR count). The van der Waals surface area contributed by atoms with Crippen LogP contribution in [0.2, 0.25) is 0 Å². The number of aliphatic hydroxyl groups excluding tert-OH is 1. The molecule has 0 aliphatic carbocycles.